The van der Waals surface area contributed by atoms with E-state index in [1.165, 1.54) is 71.6 Å². The summed E-state index contributed by atoms with van der Waals surface area (Å²) in [5.74, 6) is 0. The number of nitrogens with zero attached hydrogens (tertiary/aromatic N) is 2. The van der Waals surface area contributed by atoms with Crippen molar-refractivity contribution in [2.24, 2.45) is 5.73 Å². The molecule has 1 atom stereocenters. The topological polar surface area (TPSA) is 73.6 Å². The van der Waals surface area contributed by atoms with Crippen LogP contribution in [0.5, 0.6) is 0 Å². The maximum absolute atomic E-state index is 9.67. The third-order valence-corrected chi connectivity index (χ3v) is 12.8. The van der Waals surface area contributed by atoms with Crippen molar-refractivity contribution in [3.05, 3.63) is 227 Å². The van der Waals surface area contributed by atoms with Crippen LogP contribution in [0.4, 0.5) is 0 Å². The maximum Gasteiger partial charge on any atom is 0.0988 e. The fourth-order valence-electron chi connectivity index (χ4n) is 10.2. The van der Waals surface area contributed by atoms with Crippen molar-refractivity contribution in [2.75, 3.05) is 0 Å². The van der Waals surface area contributed by atoms with E-state index in [9.17, 15) is 10.5 Å². The van der Waals surface area contributed by atoms with Crippen molar-refractivity contribution in [1.82, 2.24) is 0 Å². The smallest absolute Gasteiger partial charge is 0.0988 e. The Morgan fingerprint density at radius 2 is 1.30 bits per heavy atom. The number of fused-ring (bicyclic) bond motifs is 13. The number of hydrogen-bond donors (Lipinski definition) is 1. The molecule has 1 spiro atoms. The van der Waals surface area contributed by atoms with Crippen LogP contribution < -0.4 is 5.73 Å². The SMILES string of the molecule is C=C/C(C#N)=C\Cc1cccc(-c2cc3c(c4ccccc24)-c2c(cc(-c4cccc(/C(N)=C/C(C#N)=C\C)c4)c4ccccc24)C32C3=C(C=CCC3)c3ccccc32)c1. The summed E-state index contributed by atoms with van der Waals surface area (Å²) in [4.78, 5) is 0. The van der Waals surface area contributed by atoms with E-state index in [0.29, 0.717) is 23.3 Å². The largest absolute Gasteiger partial charge is 0.398 e. The molecule has 7 aromatic rings. The van der Waals surface area contributed by atoms with Crippen LogP contribution in [0.15, 0.2) is 193 Å². The molecule has 7 aromatic carbocycles. The number of allylic oxidation sites excluding steroid dienone is 10. The molecule has 3 nitrogen and oxygen atoms in total. The van der Waals surface area contributed by atoms with Crippen molar-refractivity contribution < 1.29 is 0 Å². The Kier molecular flexibility index (Phi) is 8.90. The van der Waals surface area contributed by atoms with Gasteiger partial charge in [-0.05, 0) is 150 Å². The van der Waals surface area contributed by atoms with E-state index < -0.39 is 5.41 Å². The molecule has 3 aliphatic rings. The summed E-state index contributed by atoms with van der Waals surface area (Å²) in [6.07, 6.45) is 14.4. The molecular formula is C57H41N3. The number of nitriles is 2. The molecule has 2 N–H and O–H groups in total. The van der Waals surface area contributed by atoms with Gasteiger partial charge in [-0.25, -0.2) is 0 Å². The number of benzene rings is 7. The second-order valence-corrected chi connectivity index (χ2v) is 15.8. The molecule has 0 aromatic heterocycles. The molecule has 0 amide bonds. The molecule has 0 saturated carbocycles. The second-order valence-electron chi connectivity index (χ2n) is 15.8. The molecule has 0 heterocycles. The molecule has 1 unspecified atom stereocenters. The molecule has 0 bridgehead atoms. The van der Waals surface area contributed by atoms with Gasteiger partial charge in [0.2, 0.25) is 0 Å². The second kappa shape index (κ2) is 14.6. The lowest BCUT2D eigenvalue weighted by Crippen LogP contribution is -2.28. The van der Waals surface area contributed by atoms with E-state index in [2.05, 4.69) is 158 Å². The first-order chi connectivity index (χ1) is 29.5. The first kappa shape index (κ1) is 36.6. The quantitative estimate of drug-likeness (QED) is 0.130. The Balaban J connectivity index is 1.31. The van der Waals surface area contributed by atoms with E-state index in [1.54, 1.807) is 18.2 Å². The third kappa shape index (κ3) is 5.48. The number of nitrogens with two attached hydrogens (primary N) is 1. The van der Waals surface area contributed by atoms with E-state index >= 15 is 0 Å². The number of rotatable bonds is 7. The van der Waals surface area contributed by atoms with Gasteiger partial charge in [0, 0.05) is 16.8 Å². The van der Waals surface area contributed by atoms with Gasteiger partial charge in [-0.2, -0.15) is 10.5 Å². The van der Waals surface area contributed by atoms with Crippen LogP contribution in [0.3, 0.4) is 0 Å². The van der Waals surface area contributed by atoms with Gasteiger partial charge in [-0.15, -0.1) is 0 Å². The van der Waals surface area contributed by atoms with Crippen LogP contribution in [0.25, 0.3) is 66.2 Å². The van der Waals surface area contributed by atoms with Crippen LogP contribution in [0, 0.1) is 22.7 Å². The normalized spacial score (nSPS) is 16.7. The van der Waals surface area contributed by atoms with Gasteiger partial charge in [0.1, 0.15) is 0 Å². The lowest BCUT2D eigenvalue weighted by Gasteiger charge is -2.34. The summed E-state index contributed by atoms with van der Waals surface area (Å²) in [6, 6.07) is 53.6. The minimum absolute atomic E-state index is 0.530. The van der Waals surface area contributed by atoms with Crippen LogP contribution in [0.1, 0.15) is 53.1 Å². The summed E-state index contributed by atoms with van der Waals surface area (Å²) in [6.45, 7) is 5.68. The van der Waals surface area contributed by atoms with Crippen molar-refractivity contribution in [3.8, 4) is 45.5 Å². The summed E-state index contributed by atoms with van der Waals surface area (Å²) >= 11 is 0. The van der Waals surface area contributed by atoms with E-state index in [1.807, 2.05) is 19.1 Å². The first-order valence-corrected chi connectivity index (χ1v) is 20.6. The van der Waals surface area contributed by atoms with Gasteiger partial charge < -0.3 is 5.73 Å². The standard InChI is InChI=1S/C57H41N3/c1-3-36(34-58)27-28-38-15-13-16-39(29-38)48-32-52-55(46-23-7-5-19-42(46)48)56-47-24-8-6-20-43(47)49(40-17-14-18-41(31-40)54(60)30-37(4-2)35-59)33-53(56)57(52)50-25-11-9-21-44(50)45-22-10-12-26-51(45)57/h3-11,13-25,27,29-33H,1,12,26,28,60H2,2H3/b36-27+,37-4+,54-30-. The molecule has 0 saturated heterocycles. The molecule has 284 valence electrons. The Hall–Kier alpha value is -7.72. The van der Waals surface area contributed by atoms with Crippen LogP contribution >= 0.6 is 0 Å². The fraction of sp³-hybridized carbons (Fsp3) is 0.0877. The Morgan fingerprint density at radius 3 is 1.95 bits per heavy atom. The molecule has 3 heteroatoms. The highest BCUT2D eigenvalue weighted by Crippen LogP contribution is 2.66. The minimum Gasteiger partial charge on any atom is -0.398 e. The van der Waals surface area contributed by atoms with E-state index in [4.69, 9.17) is 5.73 Å². The van der Waals surface area contributed by atoms with Gasteiger partial charge in [0.05, 0.1) is 17.6 Å². The maximum atomic E-state index is 9.67. The summed E-state index contributed by atoms with van der Waals surface area (Å²) in [5.41, 5.74) is 25.0. The zero-order valence-electron chi connectivity index (χ0n) is 33.5. The van der Waals surface area contributed by atoms with Crippen molar-refractivity contribution >= 4 is 32.8 Å². The minimum atomic E-state index is -0.533. The molecule has 0 fully saturated rings. The molecular weight excluding hydrogens is 727 g/mol. The number of hydrogen-bond acceptors (Lipinski definition) is 3. The van der Waals surface area contributed by atoms with Crippen LogP contribution in [-0.2, 0) is 11.8 Å². The van der Waals surface area contributed by atoms with Crippen molar-refractivity contribution in [1.29, 1.82) is 10.5 Å². The fourth-order valence-corrected chi connectivity index (χ4v) is 10.2. The van der Waals surface area contributed by atoms with Gasteiger partial charge in [0.25, 0.3) is 0 Å². The highest BCUT2D eigenvalue weighted by atomic mass is 14.6. The van der Waals surface area contributed by atoms with Gasteiger partial charge >= 0.3 is 0 Å². The summed E-state index contributed by atoms with van der Waals surface area (Å²) in [5, 5.41) is 24.1. The predicted molar refractivity (Wildman–Crippen MR) is 249 cm³/mol. The summed E-state index contributed by atoms with van der Waals surface area (Å²) in [7, 11) is 0. The Morgan fingerprint density at radius 1 is 0.683 bits per heavy atom. The molecule has 10 rings (SSSR count). The highest BCUT2D eigenvalue weighted by molar-refractivity contribution is 6.18. The Labute approximate surface area is 351 Å². The van der Waals surface area contributed by atoms with Gasteiger partial charge in [-0.1, -0.05) is 152 Å². The predicted octanol–water partition coefficient (Wildman–Crippen LogP) is 13.7. The zero-order valence-corrected chi connectivity index (χ0v) is 33.5. The highest BCUT2D eigenvalue weighted by Gasteiger charge is 2.54. The third-order valence-electron chi connectivity index (χ3n) is 12.8. The van der Waals surface area contributed by atoms with Crippen LogP contribution in [-0.4, -0.2) is 0 Å². The molecule has 60 heavy (non-hydrogen) atoms. The average Bonchev–Trinajstić information content (AvgIpc) is 3.78. The van der Waals surface area contributed by atoms with Gasteiger partial charge in [-0.3, -0.25) is 0 Å². The summed E-state index contributed by atoms with van der Waals surface area (Å²) < 4.78 is 0. The Bertz CT molecular complexity index is 3240. The molecule has 0 aliphatic heterocycles. The van der Waals surface area contributed by atoms with Crippen molar-refractivity contribution in [3.63, 3.8) is 0 Å². The molecule has 3 aliphatic carbocycles. The van der Waals surface area contributed by atoms with Crippen molar-refractivity contribution in [2.45, 2.75) is 31.6 Å². The zero-order chi connectivity index (χ0) is 41.0. The lowest BCUT2D eigenvalue weighted by molar-refractivity contribution is 0.715. The first-order valence-electron chi connectivity index (χ1n) is 20.6. The van der Waals surface area contributed by atoms with E-state index in [-0.39, 0.29) is 0 Å². The average molecular weight is 768 g/mol. The van der Waals surface area contributed by atoms with Crippen LogP contribution in [0.2, 0.25) is 0 Å². The van der Waals surface area contributed by atoms with Gasteiger partial charge in [0.15, 0.2) is 0 Å². The molecule has 0 radical (unpaired) electrons. The lowest BCUT2D eigenvalue weighted by atomic mass is 9.67. The monoisotopic (exact) mass is 767 g/mol. The van der Waals surface area contributed by atoms with E-state index in [0.717, 1.165) is 40.7 Å².